The predicted octanol–water partition coefficient (Wildman–Crippen LogP) is 4.43. The first-order valence-corrected chi connectivity index (χ1v) is 9.42. The van der Waals surface area contributed by atoms with E-state index in [1.54, 1.807) is 0 Å². The van der Waals surface area contributed by atoms with Gasteiger partial charge in [0.15, 0.2) is 5.11 Å². The van der Waals surface area contributed by atoms with Gasteiger partial charge in [-0.25, -0.2) is 0 Å². The van der Waals surface area contributed by atoms with Crippen molar-refractivity contribution >= 4 is 28.7 Å². The smallest absolute Gasteiger partial charge is 0.170 e. The lowest BCUT2D eigenvalue weighted by atomic mass is 10.1. The van der Waals surface area contributed by atoms with E-state index in [4.69, 9.17) is 12.2 Å². The Morgan fingerprint density at radius 3 is 2.84 bits per heavy atom. The molecule has 2 aromatic carbocycles. The fraction of sp³-hybridized carbons (Fsp3) is 0.381. The molecule has 25 heavy (non-hydrogen) atoms. The zero-order chi connectivity index (χ0) is 17.8. The molecular formula is C21H27N3S. The van der Waals surface area contributed by atoms with Gasteiger partial charge in [-0.15, -0.1) is 0 Å². The zero-order valence-electron chi connectivity index (χ0n) is 15.3. The molecule has 132 valence electrons. The van der Waals surface area contributed by atoms with Crippen LogP contribution in [-0.4, -0.2) is 24.2 Å². The highest BCUT2D eigenvalue weighted by Gasteiger charge is 2.24. The highest BCUT2D eigenvalue weighted by atomic mass is 32.1. The van der Waals surface area contributed by atoms with E-state index in [1.165, 1.54) is 22.4 Å². The van der Waals surface area contributed by atoms with Crippen LogP contribution in [0.25, 0.3) is 0 Å². The summed E-state index contributed by atoms with van der Waals surface area (Å²) >= 11 is 5.44. The standard InChI is InChI=1S/C21H27N3S/c1-15-9-10-16(2)19(13-15)23-21(25)22-11-6-12-24-17(3)14-18-7-4-5-8-20(18)24/h4-5,7-10,13,17H,6,11-12,14H2,1-3H3,(H2,22,23,25)/t17-/m1/s1. The minimum Gasteiger partial charge on any atom is -0.368 e. The number of rotatable bonds is 5. The summed E-state index contributed by atoms with van der Waals surface area (Å²) < 4.78 is 0. The summed E-state index contributed by atoms with van der Waals surface area (Å²) in [4.78, 5) is 2.51. The fourth-order valence-electron chi connectivity index (χ4n) is 3.46. The fourth-order valence-corrected chi connectivity index (χ4v) is 3.67. The van der Waals surface area contributed by atoms with Crippen molar-refractivity contribution in [1.29, 1.82) is 0 Å². The van der Waals surface area contributed by atoms with Crippen molar-refractivity contribution in [1.82, 2.24) is 5.32 Å². The highest BCUT2D eigenvalue weighted by Crippen LogP contribution is 2.31. The summed E-state index contributed by atoms with van der Waals surface area (Å²) in [6, 6.07) is 15.7. The Hall–Kier alpha value is -2.07. The number of benzene rings is 2. The molecule has 4 heteroatoms. The number of para-hydroxylation sites is 1. The molecule has 2 aromatic rings. The first kappa shape index (κ1) is 17.7. The second kappa shape index (κ2) is 7.87. The molecule has 0 unspecified atom stereocenters. The van der Waals surface area contributed by atoms with Crippen LogP contribution in [0, 0.1) is 13.8 Å². The van der Waals surface area contributed by atoms with E-state index in [9.17, 15) is 0 Å². The lowest BCUT2D eigenvalue weighted by molar-refractivity contribution is 0.641. The van der Waals surface area contributed by atoms with Crippen molar-refractivity contribution in [2.45, 2.75) is 39.7 Å². The molecule has 0 radical (unpaired) electrons. The number of nitrogens with one attached hydrogen (secondary N) is 2. The maximum absolute atomic E-state index is 5.44. The molecule has 1 heterocycles. The van der Waals surface area contributed by atoms with Crippen molar-refractivity contribution in [2.24, 2.45) is 0 Å². The quantitative estimate of drug-likeness (QED) is 0.614. The Morgan fingerprint density at radius 2 is 2.00 bits per heavy atom. The van der Waals surface area contributed by atoms with Gasteiger partial charge >= 0.3 is 0 Å². The summed E-state index contributed by atoms with van der Waals surface area (Å²) in [6.45, 7) is 8.42. The molecule has 0 saturated carbocycles. The molecule has 0 fully saturated rings. The Labute approximate surface area is 156 Å². The number of thiocarbonyl (C=S) groups is 1. The van der Waals surface area contributed by atoms with E-state index in [0.717, 1.165) is 31.6 Å². The van der Waals surface area contributed by atoms with E-state index in [0.29, 0.717) is 11.2 Å². The highest BCUT2D eigenvalue weighted by molar-refractivity contribution is 7.80. The Morgan fingerprint density at radius 1 is 1.20 bits per heavy atom. The molecule has 0 saturated heterocycles. The van der Waals surface area contributed by atoms with Crippen molar-refractivity contribution in [3.63, 3.8) is 0 Å². The van der Waals surface area contributed by atoms with Crippen LogP contribution in [0.4, 0.5) is 11.4 Å². The van der Waals surface area contributed by atoms with E-state index in [2.05, 4.69) is 78.8 Å². The average Bonchev–Trinajstić information content (AvgIpc) is 2.90. The van der Waals surface area contributed by atoms with Gasteiger partial charge in [0.1, 0.15) is 0 Å². The molecule has 1 aliphatic heterocycles. The third-order valence-corrected chi connectivity index (χ3v) is 5.10. The van der Waals surface area contributed by atoms with Crippen LogP contribution in [-0.2, 0) is 6.42 Å². The SMILES string of the molecule is Cc1ccc(C)c(NC(=S)NCCCN2c3ccccc3C[C@H]2C)c1. The molecular weight excluding hydrogens is 326 g/mol. The van der Waals surface area contributed by atoms with Gasteiger partial charge in [0, 0.05) is 30.5 Å². The van der Waals surface area contributed by atoms with Gasteiger partial charge in [-0.05, 0) is 74.7 Å². The molecule has 1 atom stereocenters. The molecule has 3 rings (SSSR count). The largest absolute Gasteiger partial charge is 0.368 e. The molecule has 0 aliphatic carbocycles. The van der Waals surface area contributed by atoms with E-state index < -0.39 is 0 Å². The van der Waals surface area contributed by atoms with Gasteiger partial charge in [0.2, 0.25) is 0 Å². The second-order valence-electron chi connectivity index (χ2n) is 6.93. The second-order valence-corrected chi connectivity index (χ2v) is 7.34. The molecule has 0 amide bonds. The van der Waals surface area contributed by atoms with Gasteiger partial charge in [0.05, 0.1) is 0 Å². The van der Waals surface area contributed by atoms with Crippen LogP contribution in [0.2, 0.25) is 0 Å². The van der Waals surface area contributed by atoms with Crippen molar-refractivity contribution in [3.8, 4) is 0 Å². The van der Waals surface area contributed by atoms with Gasteiger partial charge in [-0.2, -0.15) is 0 Å². The third kappa shape index (κ3) is 4.31. The number of aryl methyl sites for hydroxylation is 2. The van der Waals surface area contributed by atoms with Crippen molar-refractivity contribution < 1.29 is 0 Å². The van der Waals surface area contributed by atoms with Gasteiger partial charge in [-0.1, -0.05) is 30.3 Å². The summed E-state index contributed by atoms with van der Waals surface area (Å²) in [6.07, 6.45) is 2.21. The van der Waals surface area contributed by atoms with Crippen LogP contribution in [0.15, 0.2) is 42.5 Å². The number of hydrogen-bond acceptors (Lipinski definition) is 2. The van der Waals surface area contributed by atoms with Crippen LogP contribution < -0.4 is 15.5 Å². The monoisotopic (exact) mass is 353 g/mol. The summed E-state index contributed by atoms with van der Waals surface area (Å²) in [5, 5.41) is 7.34. The van der Waals surface area contributed by atoms with Gasteiger partial charge < -0.3 is 15.5 Å². The predicted molar refractivity (Wildman–Crippen MR) is 112 cm³/mol. The molecule has 3 nitrogen and oxygen atoms in total. The normalized spacial score (nSPS) is 15.8. The Balaban J connectivity index is 1.46. The topological polar surface area (TPSA) is 27.3 Å². The average molecular weight is 354 g/mol. The number of fused-ring (bicyclic) bond motifs is 1. The summed E-state index contributed by atoms with van der Waals surface area (Å²) in [5.74, 6) is 0. The lowest BCUT2D eigenvalue weighted by Crippen LogP contribution is -2.34. The molecule has 0 spiro atoms. The third-order valence-electron chi connectivity index (χ3n) is 4.85. The Bertz CT molecular complexity index is 757. The molecule has 2 N–H and O–H groups in total. The minimum absolute atomic E-state index is 0.581. The van der Waals surface area contributed by atoms with Crippen molar-refractivity contribution in [3.05, 3.63) is 59.2 Å². The number of hydrogen-bond donors (Lipinski definition) is 2. The first-order chi connectivity index (χ1) is 12.0. The number of anilines is 2. The van der Waals surface area contributed by atoms with Gasteiger partial charge in [-0.3, -0.25) is 0 Å². The summed E-state index contributed by atoms with van der Waals surface area (Å²) in [7, 11) is 0. The Kier molecular flexibility index (Phi) is 5.59. The van der Waals surface area contributed by atoms with Gasteiger partial charge in [0.25, 0.3) is 0 Å². The van der Waals surface area contributed by atoms with Crippen LogP contribution in [0.3, 0.4) is 0 Å². The van der Waals surface area contributed by atoms with Crippen LogP contribution in [0.1, 0.15) is 30.0 Å². The maximum atomic E-state index is 5.44. The maximum Gasteiger partial charge on any atom is 0.170 e. The lowest BCUT2D eigenvalue weighted by Gasteiger charge is -2.25. The minimum atomic E-state index is 0.581. The molecule has 0 bridgehead atoms. The zero-order valence-corrected chi connectivity index (χ0v) is 16.1. The van der Waals surface area contributed by atoms with Crippen LogP contribution >= 0.6 is 12.2 Å². The molecule has 1 aliphatic rings. The first-order valence-electron chi connectivity index (χ1n) is 9.01. The van der Waals surface area contributed by atoms with Crippen molar-refractivity contribution in [2.75, 3.05) is 23.3 Å². The summed E-state index contributed by atoms with van der Waals surface area (Å²) in [5.41, 5.74) is 6.38. The van der Waals surface area contributed by atoms with Crippen LogP contribution in [0.5, 0.6) is 0 Å². The van der Waals surface area contributed by atoms with E-state index in [-0.39, 0.29) is 0 Å². The molecule has 0 aromatic heterocycles. The van der Waals surface area contributed by atoms with E-state index >= 15 is 0 Å². The number of nitrogens with zero attached hydrogens (tertiary/aromatic N) is 1. The van der Waals surface area contributed by atoms with E-state index in [1.807, 2.05) is 0 Å².